The smallest absolute Gasteiger partial charge is 0.350 e. The standard InChI is InChI=1S/C30H30N2O6S/c1-5-7-17-37-22-14-12-21(13-15-22)25(33)23-24(20-10-8-18(3)9-11-20)32(28(35)26(23)34)30-31-19(4)27(39-30)29(36)38-16-6-2/h6,8-15,24,33H,2,5,7,16-17H2,1,3-4H3/b25-23-. The van der Waals surface area contributed by atoms with Gasteiger partial charge in [-0.1, -0.05) is 67.2 Å². The maximum atomic E-state index is 13.4. The first-order valence-corrected chi connectivity index (χ1v) is 13.4. The SMILES string of the molecule is C=CCOC(=O)c1sc(N2C(=O)C(=O)/C(=C(\O)c3ccc(OCCCC)cc3)C2c2ccc(C)cc2)nc1C. The quantitative estimate of drug-likeness (QED) is 0.0842. The fourth-order valence-electron chi connectivity index (χ4n) is 4.17. The van der Waals surface area contributed by atoms with Gasteiger partial charge in [-0.3, -0.25) is 14.5 Å². The monoisotopic (exact) mass is 546 g/mol. The average molecular weight is 547 g/mol. The Labute approximate surface area is 231 Å². The number of esters is 1. The molecular formula is C30H30N2O6S. The Kier molecular flexibility index (Phi) is 8.61. The summed E-state index contributed by atoms with van der Waals surface area (Å²) < 4.78 is 10.8. The van der Waals surface area contributed by atoms with Gasteiger partial charge in [-0.25, -0.2) is 9.78 Å². The molecule has 0 spiro atoms. The summed E-state index contributed by atoms with van der Waals surface area (Å²) in [6.45, 7) is 9.78. The molecule has 8 nitrogen and oxygen atoms in total. The number of ketones is 1. The van der Waals surface area contributed by atoms with Crippen LogP contribution in [0.15, 0.2) is 66.8 Å². The number of hydrogen-bond donors (Lipinski definition) is 1. The Morgan fingerprint density at radius 3 is 2.46 bits per heavy atom. The van der Waals surface area contributed by atoms with Gasteiger partial charge in [0.25, 0.3) is 5.78 Å². The van der Waals surface area contributed by atoms with Crippen LogP contribution >= 0.6 is 11.3 Å². The Morgan fingerprint density at radius 1 is 1.13 bits per heavy atom. The molecule has 0 saturated carbocycles. The number of Topliss-reactive ketones (excluding diaryl/α,β-unsaturated/α-hetero) is 1. The molecule has 1 atom stereocenters. The number of aromatic nitrogens is 1. The van der Waals surface area contributed by atoms with Crippen molar-refractivity contribution in [3.05, 3.63) is 94.0 Å². The molecule has 1 N–H and O–H groups in total. The summed E-state index contributed by atoms with van der Waals surface area (Å²) in [4.78, 5) is 45.2. The Morgan fingerprint density at radius 2 is 1.82 bits per heavy atom. The molecule has 0 bridgehead atoms. The number of amides is 1. The van der Waals surface area contributed by atoms with E-state index in [0.29, 0.717) is 29.2 Å². The van der Waals surface area contributed by atoms with Crippen molar-refractivity contribution in [1.82, 2.24) is 4.98 Å². The molecule has 1 unspecified atom stereocenters. The molecule has 2 heterocycles. The minimum atomic E-state index is -0.950. The average Bonchev–Trinajstić information content (AvgIpc) is 3.44. The second-order valence-electron chi connectivity index (χ2n) is 9.10. The van der Waals surface area contributed by atoms with Gasteiger partial charge in [0.05, 0.1) is 23.9 Å². The van der Waals surface area contributed by atoms with Gasteiger partial charge < -0.3 is 14.6 Å². The number of rotatable bonds is 10. The molecule has 2 aromatic carbocycles. The fraction of sp³-hybridized carbons (Fsp3) is 0.267. The predicted molar refractivity (Wildman–Crippen MR) is 150 cm³/mol. The van der Waals surface area contributed by atoms with Crippen LogP contribution in [-0.4, -0.2) is 41.0 Å². The van der Waals surface area contributed by atoms with E-state index in [9.17, 15) is 19.5 Å². The van der Waals surface area contributed by atoms with E-state index in [0.717, 1.165) is 29.7 Å². The van der Waals surface area contributed by atoms with Gasteiger partial charge in [0.1, 0.15) is 23.0 Å². The molecule has 39 heavy (non-hydrogen) atoms. The molecule has 1 aliphatic heterocycles. The zero-order chi connectivity index (χ0) is 28.1. The van der Waals surface area contributed by atoms with Crippen molar-refractivity contribution >= 4 is 39.9 Å². The Hall–Kier alpha value is -4.24. The van der Waals surface area contributed by atoms with Crippen LogP contribution in [0, 0.1) is 13.8 Å². The van der Waals surface area contributed by atoms with Crippen LogP contribution in [0.3, 0.4) is 0 Å². The van der Waals surface area contributed by atoms with Crippen LogP contribution in [0.4, 0.5) is 5.13 Å². The highest BCUT2D eigenvalue weighted by atomic mass is 32.1. The number of nitrogens with zero attached hydrogens (tertiary/aromatic N) is 2. The van der Waals surface area contributed by atoms with Gasteiger partial charge >= 0.3 is 11.9 Å². The zero-order valence-corrected chi connectivity index (χ0v) is 22.9. The highest BCUT2D eigenvalue weighted by Crippen LogP contribution is 2.44. The van der Waals surface area contributed by atoms with Crippen molar-refractivity contribution in [3.8, 4) is 5.75 Å². The second-order valence-corrected chi connectivity index (χ2v) is 10.1. The van der Waals surface area contributed by atoms with E-state index in [1.807, 2.05) is 19.1 Å². The van der Waals surface area contributed by atoms with Gasteiger partial charge in [0.15, 0.2) is 5.13 Å². The van der Waals surface area contributed by atoms with Crippen molar-refractivity contribution in [1.29, 1.82) is 0 Å². The molecular weight excluding hydrogens is 516 g/mol. The molecule has 1 saturated heterocycles. The van der Waals surface area contributed by atoms with Crippen LogP contribution in [0.25, 0.3) is 5.76 Å². The summed E-state index contributed by atoms with van der Waals surface area (Å²) in [6.07, 6.45) is 3.38. The van der Waals surface area contributed by atoms with Gasteiger partial charge in [-0.2, -0.15) is 0 Å². The van der Waals surface area contributed by atoms with Crippen molar-refractivity contribution in [3.63, 3.8) is 0 Å². The maximum absolute atomic E-state index is 13.4. The van der Waals surface area contributed by atoms with Gasteiger partial charge in [0, 0.05) is 5.56 Å². The van der Waals surface area contributed by atoms with Gasteiger partial charge in [-0.15, -0.1) is 0 Å². The largest absolute Gasteiger partial charge is 0.507 e. The molecule has 1 aromatic heterocycles. The number of ether oxygens (including phenoxy) is 2. The molecule has 1 amide bonds. The first-order valence-electron chi connectivity index (χ1n) is 12.6. The fourth-order valence-corrected chi connectivity index (χ4v) is 5.16. The minimum Gasteiger partial charge on any atom is -0.507 e. The number of aliphatic hydroxyl groups excluding tert-OH is 1. The van der Waals surface area contributed by atoms with Crippen molar-refractivity contribution in [2.75, 3.05) is 18.1 Å². The summed E-state index contributed by atoms with van der Waals surface area (Å²) in [5.74, 6) is -1.95. The molecule has 9 heteroatoms. The van der Waals surface area contributed by atoms with Crippen molar-refractivity contribution in [2.45, 2.75) is 39.7 Å². The Bertz CT molecular complexity index is 1420. The predicted octanol–water partition coefficient (Wildman–Crippen LogP) is 5.91. The van der Waals surface area contributed by atoms with Crippen LogP contribution in [-0.2, 0) is 14.3 Å². The van der Waals surface area contributed by atoms with Crippen molar-refractivity contribution < 1.29 is 29.0 Å². The summed E-state index contributed by atoms with van der Waals surface area (Å²) >= 11 is 0.956. The molecule has 1 fully saturated rings. The molecule has 1 aliphatic rings. The van der Waals surface area contributed by atoms with E-state index >= 15 is 0 Å². The van der Waals surface area contributed by atoms with Crippen LogP contribution in [0.1, 0.15) is 57.9 Å². The van der Waals surface area contributed by atoms with E-state index in [-0.39, 0.29) is 27.9 Å². The summed E-state index contributed by atoms with van der Waals surface area (Å²) in [6, 6.07) is 13.1. The third-order valence-corrected chi connectivity index (χ3v) is 7.38. The Balaban J connectivity index is 1.79. The lowest BCUT2D eigenvalue weighted by molar-refractivity contribution is -0.132. The molecule has 0 radical (unpaired) electrons. The second kappa shape index (κ2) is 12.1. The number of hydrogen-bond acceptors (Lipinski definition) is 8. The summed E-state index contributed by atoms with van der Waals surface area (Å²) in [7, 11) is 0. The minimum absolute atomic E-state index is 0.0296. The van der Waals surface area contributed by atoms with E-state index in [1.54, 1.807) is 43.3 Å². The number of carbonyl (C=O) groups excluding carboxylic acids is 3. The van der Waals surface area contributed by atoms with E-state index < -0.39 is 23.7 Å². The number of carbonyl (C=O) groups is 3. The normalized spacial score (nSPS) is 16.4. The van der Waals surface area contributed by atoms with Crippen LogP contribution in [0.2, 0.25) is 0 Å². The van der Waals surface area contributed by atoms with E-state index in [1.165, 1.54) is 11.0 Å². The van der Waals surface area contributed by atoms with Gasteiger partial charge in [-0.05, 0) is 50.1 Å². The molecule has 0 aliphatic carbocycles. The topological polar surface area (TPSA) is 106 Å². The first kappa shape index (κ1) is 27.8. The zero-order valence-electron chi connectivity index (χ0n) is 22.1. The molecule has 4 rings (SSSR count). The van der Waals surface area contributed by atoms with E-state index in [2.05, 4.69) is 18.5 Å². The number of aryl methyl sites for hydroxylation is 2. The third kappa shape index (κ3) is 5.78. The van der Waals surface area contributed by atoms with Crippen molar-refractivity contribution in [2.24, 2.45) is 0 Å². The lowest BCUT2D eigenvalue weighted by Crippen LogP contribution is -2.29. The van der Waals surface area contributed by atoms with E-state index in [4.69, 9.17) is 9.47 Å². The summed E-state index contributed by atoms with van der Waals surface area (Å²) in [5.41, 5.74) is 2.28. The first-order chi connectivity index (χ1) is 18.8. The number of aliphatic hydroxyl groups is 1. The highest BCUT2D eigenvalue weighted by molar-refractivity contribution is 7.17. The molecule has 3 aromatic rings. The van der Waals surface area contributed by atoms with Gasteiger partial charge in [0.2, 0.25) is 0 Å². The lowest BCUT2D eigenvalue weighted by Gasteiger charge is -2.23. The third-order valence-electron chi connectivity index (χ3n) is 6.24. The number of thiazole rings is 1. The lowest BCUT2D eigenvalue weighted by atomic mass is 9.95. The van der Waals surface area contributed by atoms with Crippen LogP contribution in [0.5, 0.6) is 5.75 Å². The number of benzene rings is 2. The molecule has 202 valence electrons. The summed E-state index contributed by atoms with van der Waals surface area (Å²) in [5, 5.41) is 11.5. The van der Waals surface area contributed by atoms with Crippen LogP contribution < -0.4 is 9.64 Å². The highest BCUT2D eigenvalue weighted by Gasteiger charge is 2.48. The number of anilines is 1. The maximum Gasteiger partial charge on any atom is 0.350 e. The number of unbranched alkanes of at least 4 members (excludes halogenated alkanes) is 1.